The highest BCUT2D eigenvalue weighted by molar-refractivity contribution is 6.03. The Kier molecular flexibility index (Phi) is 13.3. The maximum absolute atomic E-state index is 15.7. The molecule has 378 valence electrons. The number of hydroxylamine groups is 2. The van der Waals surface area contributed by atoms with E-state index in [0.717, 1.165) is 43.0 Å². The Bertz CT molecular complexity index is 2500. The van der Waals surface area contributed by atoms with Gasteiger partial charge in [-0.05, 0) is 108 Å². The van der Waals surface area contributed by atoms with E-state index in [0.29, 0.717) is 108 Å². The van der Waals surface area contributed by atoms with Crippen LogP contribution in [-0.2, 0) is 32.3 Å². The minimum atomic E-state index is -0.587. The van der Waals surface area contributed by atoms with Crippen molar-refractivity contribution in [1.29, 1.82) is 0 Å². The number of hydrogen-bond acceptors (Lipinski definition) is 12. The number of piperazine rings is 1. The van der Waals surface area contributed by atoms with Crippen LogP contribution in [0.4, 0.5) is 31.8 Å². The van der Waals surface area contributed by atoms with Crippen molar-refractivity contribution in [1.82, 2.24) is 35.5 Å². The van der Waals surface area contributed by atoms with E-state index in [1.807, 2.05) is 31.2 Å². The van der Waals surface area contributed by atoms with Gasteiger partial charge < -0.3 is 36.0 Å². The average Bonchev–Trinajstić information content (AvgIpc) is 3.88. The van der Waals surface area contributed by atoms with Gasteiger partial charge in [0.15, 0.2) is 5.72 Å². The van der Waals surface area contributed by atoms with Gasteiger partial charge in [0.1, 0.15) is 35.6 Å². The summed E-state index contributed by atoms with van der Waals surface area (Å²) in [5, 5.41) is 14.7. The first-order valence-corrected chi connectivity index (χ1v) is 25.2. The van der Waals surface area contributed by atoms with Crippen LogP contribution in [0.5, 0.6) is 0 Å². The third-order valence-electron chi connectivity index (χ3n) is 15.4. The van der Waals surface area contributed by atoms with Gasteiger partial charge in [0.25, 0.3) is 11.8 Å². The number of carbonyl (C=O) groups is 4. The number of rotatable bonds is 16. The van der Waals surface area contributed by atoms with Crippen molar-refractivity contribution in [2.24, 2.45) is 10.8 Å². The molecule has 16 nitrogen and oxygen atoms in total. The predicted molar refractivity (Wildman–Crippen MR) is 264 cm³/mol. The van der Waals surface area contributed by atoms with Crippen LogP contribution in [0.3, 0.4) is 0 Å². The molecule has 4 amide bonds. The molecule has 6 aliphatic rings. The van der Waals surface area contributed by atoms with Crippen LogP contribution in [0.1, 0.15) is 128 Å². The zero-order valence-corrected chi connectivity index (χ0v) is 42.0. The Morgan fingerprint density at radius 1 is 0.900 bits per heavy atom. The number of halogens is 2. The van der Waals surface area contributed by atoms with E-state index < -0.39 is 34.5 Å². The number of aromatic nitrogens is 2. The summed E-state index contributed by atoms with van der Waals surface area (Å²) in [6, 6.07) is 9.60. The number of piperidine rings is 3. The molecule has 3 aromatic rings. The first-order chi connectivity index (χ1) is 33.1. The monoisotopic (exact) mass is 968 g/mol. The van der Waals surface area contributed by atoms with Crippen molar-refractivity contribution in [3.05, 3.63) is 71.1 Å². The normalized spacial score (nSPS) is 23.3. The molecule has 0 saturated carbocycles. The quantitative estimate of drug-likeness (QED) is 0.0901. The van der Waals surface area contributed by atoms with Gasteiger partial charge >= 0.3 is 0 Å². The second-order valence-corrected chi connectivity index (χ2v) is 23.1. The van der Waals surface area contributed by atoms with Crippen molar-refractivity contribution in [3.63, 3.8) is 0 Å². The van der Waals surface area contributed by atoms with Gasteiger partial charge in [0, 0.05) is 98.7 Å². The lowest BCUT2D eigenvalue weighted by Gasteiger charge is -2.48. The summed E-state index contributed by atoms with van der Waals surface area (Å²) >= 11 is 0. The summed E-state index contributed by atoms with van der Waals surface area (Å²) in [5.41, 5.74) is 1.18. The second kappa shape index (κ2) is 18.9. The number of fused-ring (bicyclic) bond motifs is 2. The Hall–Kier alpha value is -5.62. The maximum Gasteiger partial charge on any atom is 0.271 e. The summed E-state index contributed by atoms with van der Waals surface area (Å²) in [6.07, 6.45) is 7.71. The van der Waals surface area contributed by atoms with E-state index in [1.165, 1.54) is 23.5 Å². The third-order valence-corrected chi connectivity index (χ3v) is 15.4. The lowest BCUT2D eigenvalue weighted by atomic mass is 9.77. The van der Waals surface area contributed by atoms with Crippen molar-refractivity contribution < 1.29 is 32.8 Å². The van der Waals surface area contributed by atoms with Gasteiger partial charge in [-0.2, -0.15) is 5.06 Å². The van der Waals surface area contributed by atoms with Crippen LogP contribution in [0, 0.1) is 22.5 Å². The van der Waals surface area contributed by atoms with E-state index in [4.69, 9.17) is 4.84 Å². The highest BCUT2D eigenvalue weighted by Crippen LogP contribution is 2.46. The topological polar surface area (TPSA) is 171 Å². The van der Waals surface area contributed by atoms with Gasteiger partial charge in [0.2, 0.25) is 11.8 Å². The summed E-state index contributed by atoms with van der Waals surface area (Å²) in [6.45, 7) is 19.8. The van der Waals surface area contributed by atoms with Crippen LogP contribution in [-0.4, -0.2) is 124 Å². The molecule has 1 spiro atoms. The van der Waals surface area contributed by atoms with Crippen LogP contribution < -0.4 is 31.1 Å². The van der Waals surface area contributed by atoms with Gasteiger partial charge in [-0.25, -0.2) is 23.6 Å². The number of benzene rings is 2. The maximum atomic E-state index is 15.7. The number of anilines is 4. The number of nitrogens with zero attached hydrogens (tertiary/aromatic N) is 7. The Morgan fingerprint density at radius 2 is 1.66 bits per heavy atom. The lowest BCUT2D eigenvalue weighted by Crippen LogP contribution is -2.66. The highest BCUT2D eigenvalue weighted by atomic mass is 19.1. The van der Waals surface area contributed by atoms with Gasteiger partial charge in [0.05, 0.1) is 17.8 Å². The first kappa shape index (κ1) is 49.4. The number of amides is 4. The molecule has 2 atom stereocenters. The smallest absolute Gasteiger partial charge is 0.271 e. The van der Waals surface area contributed by atoms with Crippen molar-refractivity contribution >= 4 is 46.6 Å². The van der Waals surface area contributed by atoms with Gasteiger partial charge in [-0.3, -0.25) is 24.1 Å². The molecule has 0 bridgehead atoms. The standard InChI is InChI=1S/C52H71F2N11O5/c1-48(2)14-20-61(21-15-48)28-34-24-38(54)41(25-37(34)53)63-30-45(67)60-52(32-63)16-22-62(23-17-52)43-26-42(57-33-58-43)55-18-9-19-56-44(66)27-49(3,4)31-50(5,6)59-39-11-8-10-35-36(39)29-64(46(35)68)40-12-13-51(7)65(70-51)47(40)69/h8,10-11,24-26,33,40,59H,9,12-23,27-32H2,1-7H3,(H,56,66)(H,60,67)(H,55,57,58). The molecule has 7 heterocycles. The number of likely N-dealkylation sites (tertiary alicyclic amines) is 1. The first-order valence-electron chi connectivity index (χ1n) is 25.2. The van der Waals surface area contributed by atoms with E-state index in [-0.39, 0.29) is 46.7 Å². The summed E-state index contributed by atoms with van der Waals surface area (Å²) < 4.78 is 31.2. The Balaban J connectivity index is 0.705. The van der Waals surface area contributed by atoms with Gasteiger partial charge in [-0.1, -0.05) is 33.8 Å². The molecule has 2 aromatic carbocycles. The fourth-order valence-corrected chi connectivity index (χ4v) is 11.7. The van der Waals surface area contributed by atoms with Crippen molar-refractivity contribution in [2.75, 3.05) is 72.8 Å². The van der Waals surface area contributed by atoms with E-state index in [9.17, 15) is 19.2 Å². The third kappa shape index (κ3) is 10.8. The zero-order valence-electron chi connectivity index (χ0n) is 42.0. The molecule has 18 heteroatoms. The Labute approximate surface area is 410 Å². The van der Waals surface area contributed by atoms with Crippen LogP contribution in [0.2, 0.25) is 0 Å². The lowest BCUT2D eigenvalue weighted by molar-refractivity contribution is -0.138. The zero-order chi connectivity index (χ0) is 49.8. The minimum absolute atomic E-state index is 0.0292. The van der Waals surface area contributed by atoms with Crippen LogP contribution in [0.25, 0.3) is 0 Å². The molecule has 0 aliphatic carbocycles. The molecule has 6 aliphatic heterocycles. The summed E-state index contributed by atoms with van der Waals surface area (Å²) in [7, 11) is 0. The van der Waals surface area contributed by atoms with E-state index in [1.54, 1.807) is 9.80 Å². The number of carbonyl (C=O) groups excluding carboxylic acids is 4. The highest BCUT2D eigenvalue weighted by Gasteiger charge is 2.61. The molecule has 5 fully saturated rings. The molecular weight excluding hydrogens is 897 g/mol. The molecular formula is C52H71F2N11O5. The second-order valence-electron chi connectivity index (χ2n) is 23.1. The largest absolute Gasteiger partial charge is 0.380 e. The predicted octanol–water partition coefficient (Wildman–Crippen LogP) is 6.58. The Morgan fingerprint density at radius 3 is 2.41 bits per heavy atom. The van der Waals surface area contributed by atoms with E-state index in [2.05, 4.69) is 82.6 Å². The molecule has 4 N–H and O–H groups in total. The SMILES string of the molecule is CC1(C)CCN(Cc2cc(F)c(N3CC(=O)NC4(CCN(c5cc(NCCCNC(=O)CC(C)(C)CC(C)(C)Nc6cccc7c6CN(C6CCC8(C)ON8C6=O)C7=O)ncn5)CC4)C3)cc2F)CC1. The average molecular weight is 968 g/mol. The molecule has 5 saturated heterocycles. The fraction of sp³-hybridized carbons (Fsp3) is 0.615. The fourth-order valence-electron chi connectivity index (χ4n) is 11.7. The van der Waals surface area contributed by atoms with Gasteiger partial charge in [-0.15, -0.1) is 0 Å². The number of nitrogens with one attached hydrogen (secondary N) is 4. The van der Waals surface area contributed by atoms with Crippen molar-refractivity contribution in [2.45, 2.75) is 142 Å². The van der Waals surface area contributed by atoms with Crippen LogP contribution in [0.15, 0.2) is 42.7 Å². The van der Waals surface area contributed by atoms with E-state index >= 15 is 8.78 Å². The number of hydrogen-bond donors (Lipinski definition) is 4. The molecule has 70 heavy (non-hydrogen) atoms. The summed E-state index contributed by atoms with van der Waals surface area (Å²) in [5.74, 6) is -0.0825. The minimum Gasteiger partial charge on any atom is -0.380 e. The molecule has 0 radical (unpaired) electrons. The molecule has 9 rings (SSSR count). The molecule has 2 unspecified atom stereocenters. The van der Waals surface area contributed by atoms with Crippen LogP contribution >= 0.6 is 0 Å². The van der Waals surface area contributed by atoms with Crippen molar-refractivity contribution in [3.8, 4) is 0 Å². The summed E-state index contributed by atoms with van der Waals surface area (Å²) in [4.78, 5) is 75.1. The molecule has 1 aromatic heterocycles.